The van der Waals surface area contributed by atoms with Crippen LogP contribution in [0.15, 0.2) is 29.2 Å². The lowest BCUT2D eigenvalue weighted by Crippen LogP contribution is -2.41. The van der Waals surface area contributed by atoms with E-state index < -0.39 is 57.1 Å². The third-order valence-electron chi connectivity index (χ3n) is 5.25. The first-order chi connectivity index (χ1) is 14.6. The Morgan fingerprint density at radius 3 is 2.19 bits per heavy atom. The van der Waals surface area contributed by atoms with E-state index in [-0.39, 0.29) is 24.3 Å². The van der Waals surface area contributed by atoms with Crippen LogP contribution in [0.2, 0.25) is 0 Å². The number of carbonyl (C=O) groups is 3. The van der Waals surface area contributed by atoms with Gasteiger partial charge in [-0.15, -0.1) is 13.2 Å². The lowest BCUT2D eigenvalue weighted by atomic mass is 10.0. The normalized spacial score (nSPS) is 17.6. The van der Waals surface area contributed by atoms with Crippen molar-refractivity contribution in [2.75, 3.05) is 19.3 Å². The number of carboxylic acid groups (broad SMARTS) is 1. The SMILES string of the molecule is CN1C(=O)N(CCCC(CS(=O)(=O)c2ccc(OC(F)(F)F)cc2)C(=O)O)C(=O)C1(C)C. The molecule has 0 saturated carbocycles. The quantitative estimate of drug-likeness (QED) is 0.539. The maximum atomic E-state index is 12.5. The lowest BCUT2D eigenvalue weighted by Gasteiger charge is -2.22. The first-order valence-electron chi connectivity index (χ1n) is 9.47. The molecule has 32 heavy (non-hydrogen) atoms. The molecule has 1 aromatic carbocycles. The van der Waals surface area contributed by atoms with Gasteiger partial charge in [0.1, 0.15) is 11.3 Å². The summed E-state index contributed by atoms with van der Waals surface area (Å²) in [5, 5.41) is 9.41. The molecule has 0 spiro atoms. The van der Waals surface area contributed by atoms with Crippen molar-refractivity contribution in [3.05, 3.63) is 24.3 Å². The summed E-state index contributed by atoms with van der Waals surface area (Å²) in [5.74, 6) is -4.58. The lowest BCUT2D eigenvalue weighted by molar-refractivity contribution is -0.274. The van der Waals surface area contributed by atoms with Gasteiger partial charge in [-0.25, -0.2) is 13.2 Å². The van der Waals surface area contributed by atoms with E-state index >= 15 is 0 Å². The number of hydrogen-bond acceptors (Lipinski definition) is 6. The molecule has 9 nitrogen and oxygen atoms in total. The number of hydrogen-bond donors (Lipinski definition) is 1. The van der Waals surface area contributed by atoms with Crippen molar-refractivity contribution in [1.82, 2.24) is 9.80 Å². The Bertz CT molecular complexity index is 991. The molecule has 0 radical (unpaired) electrons. The molecule has 1 saturated heterocycles. The fourth-order valence-electron chi connectivity index (χ4n) is 3.16. The minimum Gasteiger partial charge on any atom is -0.481 e. The number of nitrogens with zero attached hydrogens (tertiary/aromatic N) is 2. The zero-order valence-corrected chi connectivity index (χ0v) is 18.4. The Morgan fingerprint density at radius 1 is 1.19 bits per heavy atom. The van der Waals surface area contributed by atoms with Crippen LogP contribution in [0, 0.1) is 5.92 Å². The van der Waals surface area contributed by atoms with Crippen LogP contribution in [-0.2, 0) is 19.4 Å². The molecule has 1 aromatic rings. The van der Waals surface area contributed by atoms with Crippen LogP contribution in [0.3, 0.4) is 0 Å². The zero-order chi connectivity index (χ0) is 24.5. The number of carboxylic acids is 1. The van der Waals surface area contributed by atoms with Gasteiger partial charge in [-0.1, -0.05) is 0 Å². The second-order valence-corrected chi connectivity index (χ2v) is 9.87. The molecule has 178 valence electrons. The summed E-state index contributed by atoms with van der Waals surface area (Å²) in [6.07, 6.45) is -5.01. The first kappa shape index (κ1) is 25.4. The molecule has 1 unspecified atom stereocenters. The highest BCUT2D eigenvalue weighted by Gasteiger charge is 2.48. The van der Waals surface area contributed by atoms with Gasteiger partial charge in [0.15, 0.2) is 9.84 Å². The number of urea groups is 1. The fraction of sp³-hybridized carbons (Fsp3) is 0.526. The number of aliphatic carboxylic acids is 1. The highest BCUT2D eigenvalue weighted by molar-refractivity contribution is 7.91. The molecule has 0 bridgehead atoms. The number of benzene rings is 1. The molecular weight excluding hydrogens is 457 g/mol. The number of imide groups is 1. The van der Waals surface area contributed by atoms with E-state index in [0.717, 1.165) is 29.2 Å². The highest BCUT2D eigenvalue weighted by Crippen LogP contribution is 2.27. The Morgan fingerprint density at radius 2 is 1.75 bits per heavy atom. The molecule has 3 amide bonds. The second-order valence-electron chi connectivity index (χ2n) is 7.84. The predicted octanol–water partition coefficient (Wildman–Crippen LogP) is 2.51. The van der Waals surface area contributed by atoms with Gasteiger partial charge in [0.25, 0.3) is 5.91 Å². The molecule has 1 heterocycles. The van der Waals surface area contributed by atoms with Crippen molar-refractivity contribution in [1.29, 1.82) is 0 Å². The number of likely N-dealkylation sites (N-methyl/N-ethyl adjacent to an activating group) is 1. The van der Waals surface area contributed by atoms with E-state index in [4.69, 9.17) is 0 Å². The van der Waals surface area contributed by atoms with Crippen molar-refractivity contribution >= 4 is 27.7 Å². The van der Waals surface area contributed by atoms with E-state index in [9.17, 15) is 41.1 Å². The number of alkyl halides is 3. The summed E-state index contributed by atoms with van der Waals surface area (Å²) in [5.41, 5.74) is -1.03. The maximum Gasteiger partial charge on any atom is 0.573 e. The molecule has 1 N–H and O–H groups in total. The highest BCUT2D eigenvalue weighted by atomic mass is 32.2. The summed E-state index contributed by atoms with van der Waals surface area (Å²) in [4.78, 5) is 38.0. The summed E-state index contributed by atoms with van der Waals surface area (Å²) in [6, 6.07) is 2.90. The minimum atomic E-state index is -4.93. The van der Waals surface area contributed by atoms with Crippen LogP contribution in [0.4, 0.5) is 18.0 Å². The average Bonchev–Trinajstić information content (AvgIpc) is 2.80. The number of rotatable bonds is 9. The third kappa shape index (κ3) is 5.69. The van der Waals surface area contributed by atoms with Gasteiger partial charge in [0.05, 0.1) is 16.6 Å². The van der Waals surface area contributed by atoms with Crippen LogP contribution in [-0.4, -0.2) is 72.5 Å². The van der Waals surface area contributed by atoms with Crippen LogP contribution in [0.1, 0.15) is 26.7 Å². The van der Waals surface area contributed by atoms with Gasteiger partial charge >= 0.3 is 18.4 Å². The minimum absolute atomic E-state index is 0.0618. The summed E-state index contributed by atoms with van der Waals surface area (Å²) >= 11 is 0. The fourth-order valence-corrected chi connectivity index (χ4v) is 4.74. The van der Waals surface area contributed by atoms with Crippen molar-refractivity contribution in [3.63, 3.8) is 0 Å². The van der Waals surface area contributed by atoms with Gasteiger partial charge < -0.3 is 14.7 Å². The number of sulfone groups is 1. The van der Waals surface area contributed by atoms with Crippen LogP contribution in [0.5, 0.6) is 5.75 Å². The maximum absolute atomic E-state index is 12.5. The zero-order valence-electron chi connectivity index (χ0n) is 17.5. The molecule has 0 aliphatic carbocycles. The van der Waals surface area contributed by atoms with Crippen LogP contribution >= 0.6 is 0 Å². The van der Waals surface area contributed by atoms with Crippen molar-refractivity contribution in [3.8, 4) is 5.75 Å². The topological polar surface area (TPSA) is 121 Å². The van der Waals surface area contributed by atoms with E-state index in [1.165, 1.54) is 11.9 Å². The van der Waals surface area contributed by atoms with E-state index in [1.807, 2.05) is 0 Å². The average molecular weight is 480 g/mol. The van der Waals surface area contributed by atoms with E-state index in [2.05, 4.69) is 4.74 Å². The molecule has 1 aliphatic rings. The van der Waals surface area contributed by atoms with Crippen LogP contribution < -0.4 is 4.74 Å². The Labute approximate surface area is 182 Å². The van der Waals surface area contributed by atoms with Crippen LogP contribution in [0.25, 0.3) is 0 Å². The van der Waals surface area contributed by atoms with Gasteiger partial charge in [0.2, 0.25) is 0 Å². The Kier molecular flexibility index (Phi) is 7.12. The van der Waals surface area contributed by atoms with Gasteiger partial charge in [0, 0.05) is 13.6 Å². The Balaban J connectivity index is 2.03. The number of halogens is 3. The first-order valence-corrected chi connectivity index (χ1v) is 11.1. The van der Waals surface area contributed by atoms with Crippen molar-refractivity contribution in [2.45, 2.75) is 43.5 Å². The molecule has 2 rings (SSSR count). The number of carbonyl (C=O) groups excluding carboxylic acids is 2. The third-order valence-corrected chi connectivity index (χ3v) is 7.08. The van der Waals surface area contributed by atoms with Crippen molar-refractivity contribution < 1.29 is 45.8 Å². The largest absolute Gasteiger partial charge is 0.573 e. The summed E-state index contributed by atoms with van der Waals surface area (Å²) in [6.45, 7) is 3.08. The Hall–Kier alpha value is -2.83. The molecule has 1 atom stereocenters. The smallest absolute Gasteiger partial charge is 0.481 e. The standard InChI is InChI=1S/C19H23F3N2O7S/c1-18(2)16(27)24(17(28)23(18)3)10-4-5-12(15(25)26)11-32(29,30)14-8-6-13(7-9-14)31-19(20,21)22/h6-9,12H,4-5,10-11H2,1-3H3,(H,25,26). The molecule has 1 fully saturated rings. The second kappa shape index (κ2) is 8.96. The van der Waals surface area contributed by atoms with E-state index in [1.54, 1.807) is 13.8 Å². The molecular formula is C19H23F3N2O7S. The predicted molar refractivity (Wildman–Crippen MR) is 104 cm³/mol. The van der Waals surface area contributed by atoms with Gasteiger partial charge in [-0.2, -0.15) is 0 Å². The molecule has 1 aliphatic heterocycles. The summed E-state index contributed by atoms with van der Waals surface area (Å²) < 4.78 is 65.4. The molecule has 13 heteroatoms. The van der Waals surface area contributed by atoms with Gasteiger partial charge in [-0.05, 0) is 51.0 Å². The van der Waals surface area contributed by atoms with Crippen molar-refractivity contribution in [2.24, 2.45) is 5.92 Å². The summed E-state index contributed by atoms with van der Waals surface area (Å²) in [7, 11) is -2.67. The monoisotopic (exact) mass is 480 g/mol. The van der Waals surface area contributed by atoms with E-state index in [0.29, 0.717) is 0 Å². The number of amides is 3. The van der Waals surface area contributed by atoms with Gasteiger partial charge in [-0.3, -0.25) is 14.5 Å². The molecule has 0 aromatic heterocycles. The number of ether oxygens (including phenoxy) is 1.